The number of carbonyl (C=O) groups is 3. The number of rotatable bonds is 3. The Bertz CT molecular complexity index is 163. The van der Waals surface area contributed by atoms with Gasteiger partial charge in [-0.25, -0.2) is 0 Å². The van der Waals surface area contributed by atoms with Crippen LogP contribution in [0.15, 0.2) is 0 Å². The van der Waals surface area contributed by atoms with Gasteiger partial charge in [-0.15, -0.1) is 0 Å². The number of carboxylic acid groups (broad SMARTS) is 4. The van der Waals surface area contributed by atoms with Gasteiger partial charge in [-0.3, -0.25) is 9.59 Å². The molecule has 0 aromatic rings. The van der Waals surface area contributed by atoms with Gasteiger partial charge in [-0.2, -0.15) is 0 Å². The Morgan fingerprint density at radius 2 is 1.00 bits per heavy atom. The van der Waals surface area contributed by atoms with E-state index in [9.17, 15) is 9.59 Å². The third-order valence-electron chi connectivity index (χ3n) is 0.553. The molecule has 0 spiro atoms. The van der Waals surface area contributed by atoms with Crippen LogP contribution in [0.5, 0.6) is 0 Å². The molecule has 9 heteroatoms. The number of hydrogen-bond donors (Lipinski definition) is 2. The second-order valence-corrected chi connectivity index (χ2v) is 1.54. The van der Waals surface area contributed by atoms with E-state index in [1.54, 1.807) is 0 Å². The molecule has 0 aliphatic heterocycles. The molecule has 0 unspecified atom stereocenters. The van der Waals surface area contributed by atoms with Crippen molar-refractivity contribution >= 4 is 18.1 Å². The molecule has 0 fully saturated rings. The van der Waals surface area contributed by atoms with Crippen molar-refractivity contribution in [2.75, 3.05) is 0 Å². The molecule has 70 valence electrons. The van der Waals surface area contributed by atoms with Crippen molar-refractivity contribution in [2.45, 2.75) is 12.8 Å². The van der Waals surface area contributed by atoms with Crippen LogP contribution in [0.3, 0.4) is 0 Å². The summed E-state index contributed by atoms with van der Waals surface area (Å²) < 4.78 is 0. The van der Waals surface area contributed by atoms with Crippen LogP contribution in [-0.4, -0.2) is 28.3 Å². The van der Waals surface area contributed by atoms with Gasteiger partial charge in [0.25, 0.3) is 0 Å². The zero-order valence-corrected chi connectivity index (χ0v) is 11.8. The largest absolute Gasteiger partial charge is 1.00 e. The molecule has 0 amide bonds. The molecule has 0 saturated heterocycles. The third-order valence-corrected chi connectivity index (χ3v) is 0.553. The molecule has 0 heterocycles. The van der Waals surface area contributed by atoms with Crippen LogP contribution in [0.2, 0.25) is 0 Å². The summed E-state index contributed by atoms with van der Waals surface area (Å²) in [5.74, 6) is -2.15. The first-order valence-electron chi connectivity index (χ1n) is 2.67. The smallest absolute Gasteiger partial charge is 0.652 e. The van der Waals surface area contributed by atoms with E-state index in [0.29, 0.717) is 0 Å². The summed E-state index contributed by atoms with van der Waals surface area (Å²) in [5, 5.41) is 32.5. The molecule has 0 aliphatic carbocycles. The first-order valence-corrected chi connectivity index (χ1v) is 2.67. The van der Waals surface area contributed by atoms with Gasteiger partial charge >= 0.3 is 71.1 Å². The fourth-order valence-corrected chi connectivity index (χ4v) is 0.214. The standard InChI is InChI=1S/C4H6O4.CH2O3.2Na/c5-3(6)1-2-4(7)8;2-1(3)4;;/h1-2H2,(H,5,6)(H,7,8);(H2,2,3,4);;/q;;2*+1/p-2. The minimum absolute atomic E-state index is 0. The van der Waals surface area contributed by atoms with Gasteiger partial charge in [-0.05, 0) is 6.16 Å². The molecule has 0 rings (SSSR count). The van der Waals surface area contributed by atoms with Crippen LogP contribution in [-0.2, 0) is 9.59 Å². The molecule has 2 N–H and O–H groups in total. The van der Waals surface area contributed by atoms with E-state index >= 15 is 0 Å². The normalized spacial score (nSPS) is 6.57. The van der Waals surface area contributed by atoms with E-state index < -0.39 is 18.1 Å². The summed E-state index contributed by atoms with van der Waals surface area (Å²) in [4.78, 5) is 27.6. The quantitative estimate of drug-likeness (QED) is 0.454. The van der Waals surface area contributed by atoms with E-state index in [0.717, 1.165) is 0 Å². The maximum Gasteiger partial charge on any atom is 1.00 e. The first-order chi connectivity index (χ1) is 5.36. The zero-order valence-electron chi connectivity index (χ0n) is 7.85. The molecule has 0 aromatic heterocycles. The minimum atomic E-state index is -2.33. The van der Waals surface area contributed by atoms with Crippen LogP contribution < -0.4 is 69.3 Å². The van der Waals surface area contributed by atoms with Crippen LogP contribution >= 0.6 is 0 Å². The van der Waals surface area contributed by atoms with Crippen LogP contribution in [0, 0.1) is 0 Å². The Morgan fingerprint density at radius 3 is 1.07 bits per heavy atom. The maximum atomic E-state index is 9.64. The van der Waals surface area contributed by atoms with E-state index in [2.05, 4.69) is 0 Å². The summed E-state index contributed by atoms with van der Waals surface area (Å²) in [6.45, 7) is 0. The van der Waals surface area contributed by atoms with Crippen molar-refractivity contribution in [2.24, 2.45) is 0 Å². The van der Waals surface area contributed by atoms with Crippen LogP contribution in [0.4, 0.5) is 4.79 Å². The van der Waals surface area contributed by atoms with Gasteiger partial charge < -0.3 is 25.2 Å². The zero-order chi connectivity index (χ0) is 10.1. The fraction of sp³-hybridized carbons (Fsp3) is 0.400. The molecular weight excluding hydrogens is 218 g/mol. The van der Waals surface area contributed by atoms with Crippen molar-refractivity contribution < 1.29 is 93.9 Å². The van der Waals surface area contributed by atoms with Crippen molar-refractivity contribution in [3.8, 4) is 0 Å². The molecule has 0 saturated carbocycles. The van der Waals surface area contributed by atoms with Gasteiger partial charge in [0, 0.05) is 0 Å². The third kappa shape index (κ3) is 56.5. The first kappa shape index (κ1) is 23.8. The molecule has 0 bridgehead atoms. The summed E-state index contributed by atoms with van der Waals surface area (Å²) in [6.07, 6.45) is -2.93. The SMILES string of the molecule is O=C(O)CCC(=O)O.O=C([O-])[O-].[Na+].[Na+]. The second kappa shape index (κ2) is 15.7. The number of aliphatic carboxylic acids is 2. The Balaban J connectivity index is -0.0000000733. The van der Waals surface area contributed by atoms with E-state index in [4.69, 9.17) is 25.2 Å². The van der Waals surface area contributed by atoms with Crippen LogP contribution in [0.1, 0.15) is 12.8 Å². The Hall–Kier alpha value is 0.210. The van der Waals surface area contributed by atoms with Crippen molar-refractivity contribution in [3.63, 3.8) is 0 Å². The number of carboxylic acids is 2. The van der Waals surface area contributed by atoms with E-state index in [1.807, 2.05) is 0 Å². The van der Waals surface area contributed by atoms with Gasteiger partial charge in [0.2, 0.25) is 0 Å². The molecular formula is C5H6Na2O7. The van der Waals surface area contributed by atoms with E-state index in [1.165, 1.54) is 0 Å². The average Bonchev–Trinajstić information content (AvgIpc) is 1.82. The molecule has 7 nitrogen and oxygen atoms in total. The Kier molecular flexibility index (Phi) is 26.6. The molecule has 0 radical (unpaired) electrons. The van der Waals surface area contributed by atoms with Gasteiger partial charge in [-0.1, -0.05) is 0 Å². The van der Waals surface area contributed by atoms with Crippen molar-refractivity contribution in [3.05, 3.63) is 0 Å². The second-order valence-electron chi connectivity index (χ2n) is 1.54. The molecule has 0 atom stereocenters. The summed E-state index contributed by atoms with van der Waals surface area (Å²) in [6, 6.07) is 0. The Labute approximate surface area is 124 Å². The molecule has 0 aromatic carbocycles. The summed E-state index contributed by atoms with van der Waals surface area (Å²) in [7, 11) is 0. The Morgan fingerprint density at radius 1 is 0.857 bits per heavy atom. The van der Waals surface area contributed by atoms with Gasteiger partial charge in [0.1, 0.15) is 0 Å². The average molecular weight is 224 g/mol. The van der Waals surface area contributed by atoms with Crippen molar-refractivity contribution in [1.82, 2.24) is 0 Å². The topological polar surface area (TPSA) is 138 Å². The van der Waals surface area contributed by atoms with E-state index in [-0.39, 0.29) is 72.0 Å². The fourth-order valence-electron chi connectivity index (χ4n) is 0.214. The molecule has 0 aliphatic rings. The molecule has 14 heavy (non-hydrogen) atoms. The monoisotopic (exact) mass is 224 g/mol. The summed E-state index contributed by atoms with van der Waals surface area (Å²) >= 11 is 0. The number of hydrogen-bond acceptors (Lipinski definition) is 5. The van der Waals surface area contributed by atoms with Gasteiger partial charge in [0.15, 0.2) is 0 Å². The number of carbonyl (C=O) groups excluding carboxylic acids is 1. The van der Waals surface area contributed by atoms with Crippen molar-refractivity contribution in [1.29, 1.82) is 0 Å². The van der Waals surface area contributed by atoms with Gasteiger partial charge in [0.05, 0.1) is 12.8 Å². The minimum Gasteiger partial charge on any atom is -0.652 e. The van der Waals surface area contributed by atoms with Crippen LogP contribution in [0.25, 0.3) is 0 Å². The predicted molar refractivity (Wildman–Crippen MR) is 29.9 cm³/mol. The summed E-state index contributed by atoms with van der Waals surface area (Å²) in [5.41, 5.74) is 0. The maximum absolute atomic E-state index is 9.64. The predicted octanol–water partition coefficient (Wildman–Crippen LogP) is -8.50.